The van der Waals surface area contributed by atoms with E-state index in [1.54, 1.807) is 0 Å². The lowest BCUT2D eigenvalue weighted by Gasteiger charge is -2.05. The van der Waals surface area contributed by atoms with Gasteiger partial charge in [-0.15, -0.1) is 0 Å². The van der Waals surface area contributed by atoms with Crippen LogP contribution >= 0.6 is 0 Å². The Kier molecular flexibility index (Phi) is 3.47. The van der Waals surface area contributed by atoms with Crippen LogP contribution in [-0.4, -0.2) is 32.1 Å². The summed E-state index contributed by atoms with van der Waals surface area (Å²) in [7, 11) is 0. The smallest absolute Gasteiger partial charge is 0.354 e. The molecule has 0 saturated heterocycles. The summed E-state index contributed by atoms with van der Waals surface area (Å²) in [6.45, 7) is 0. The lowest BCUT2D eigenvalue weighted by molar-refractivity contribution is 0.0690. The highest BCUT2D eigenvalue weighted by molar-refractivity contribution is 6.04. The first-order valence-electron chi connectivity index (χ1n) is 5.41. The molecule has 20 heavy (non-hydrogen) atoms. The maximum Gasteiger partial charge on any atom is 0.354 e. The summed E-state index contributed by atoms with van der Waals surface area (Å²) in [4.78, 5) is 39.5. The third kappa shape index (κ3) is 2.99. The number of amides is 1. The second-order valence-electron chi connectivity index (χ2n) is 3.79. The van der Waals surface area contributed by atoms with Crippen molar-refractivity contribution in [2.45, 2.75) is 0 Å². The van der Waals surface area contributed by atoms with Crippen molar-refractivity contribution in [1.82, 2.24) is 9.97 Å². The zero-order valence-electron chi connectivity index (χ0n) is 9.95. The molecule has 2 heterocycles. The van der Waals surface area contributed by atoms with Gasteiger partial charge in [-0.1, -0.05) is 6.07 Å². The van der Waals surface area contributed by atoms with E-state index in [4.69, 9.17) is 5.11 Å². The molecule has 4 N–H and O–H groups in total. The molecule has 0 aliphatic heterocycles. The first kappa shape index (κ1) is 13.3. The Balaban J connectivity index is 2.25. The lowest BCUT2D eigenvalue weighted by atomic mass is 10.2. The molecule has 0 saturated carbocycles. The molecular weight excluding hydrogens is 266 g/mol. The van der Waals surface area contributed by atoms with Crippen LogP contribution in [0.15, 0.2) is 35.1 Å². The summed E-state index contributed by atoms with van der Waals surface area (Å²) in [5.41, 5.74) is -0.937. The fraction of sp³-hybridized carbons (Fsp3) is 0. The molecule has 2 aromatic heterocycles. The highest BCUT2D eigenvalue weighted by Gasteiger charge is 2.11. The van der Waals surface area contributed by atoms with Gasteiger partial charge in [0.15, 0.2) is 11.6 Å². The van der Waals surface area contributed by atoms with Crippen molar-refractivity contribution in [3.05, 3.63) is 51.9 Å². The van der Waals surface area contributed by atoms with Gasteiger partial charge >= 0.3 is 5.97 Å². The topological polar surface area (TPSA) is 132 Å². The number of carbonyl (C=O) groups excluding carboxylic acids is 1. The number of hydrogen-bond donors (Lipinski definition) is 4. The van der Waals surface area contributed by atoms with E-state index in [9.17, 15) is 19.5 Å². The molecule has 0 aromatic carbocycles. The number of rotatable bonds is 3. The molecule has 0 aliphatic carbocycles. The monoisotopic (exact) mass is 275 g/mol. The number of aromatic hydroxyl groups is 1. The number of carbonyl (C=O) groups is 2. The van der Waals surface area contributed by atoms with E-state index in [0.29, 0.717) is 0 Å². The van der Waals surface area contributed by atoms with Crippen LogP contribution < -0.4 is 10.9 Å². The molecule has 0 aliphatic rings. The van der Waals surface area contributed by atoms with E-state index >= 15 is 0 Å². The number of carboxylic acids is 1. The minimum absolute atomic E-state index is 0.0228. The number of hydrogen-bond acceptors (Lipinski definition) is 5. The Morgan fingerprint density at radius 1 is 1.25 bits per heavy atom. The van der Waals surface area contributed by atoms with Gasteiger partial charge in [0.1, 0.15) is 5.82 Å². The number of carboxylic acid groups (broad SMARTS) is 1. The number of pyridine rings is 2. The van der Waals surface area contributed by atoms with E-state index in [2.05, 4.69) is 15.3 Å². The first-order chi connectivity index (χ1) is 9.45. The number of H-pyrrole nitrogens is 1. The van der Waals surface area contributed by atoms with E-state index in [1.165, 1.54) is 18.2 Å². The van der Waals surface area contributed by atoms with Crippen molar-refractivity contribution in [3.63, 3.8) is 0 Å². The third-order valence-corrected chi connectivity index (χ3v) is 2.30. The van der Waals surface area contributed by atoms with Gasteiger partial charge in [-0.25, -0.2) is 9.78 Å². The summed E-state index contributed by atoms with van der Waals surface area (Å²) in [5.74, 6) is -2.35. The van der Waals surface area contributed by atoms with Crippen molar-refractivity contribution in [3.8, 4) is 5.88 Å². The normalized spacial score (nSPS) is 10.0. The first-order valence-corrected chi connectivity index (χ1v) is 5.41. The van der Waals surface area contributed by atoms with Crippen molar-refractivity contribution >= 4 is 17.7 Å². The van der Waals surface area contributed by atoms with Gasteiger partial charge in [-0.2, -0.15) is 0 Å². The number of nitrogens with zero attached hydrogens (tertiary/aromatic N) is 1. The SMILES string of the molecule is O=C(Nc1cccc(C(=O)O)n1)c1cc(O)[nH]c(=O)c1. The fourth-order valence-electron chi connectivity index (χ4n) is 1.47. The van der Waals surface area contributed by atoms with Crippen molar-refractivity contribution in [1.29, 1.82) is 0 Å². The average molecular weight is 275 g/mol. The average Bonchev–Trinajstić information content (AvgIpc) is 2.37. The minimum Gasteiger partial charge on any atom is -0.494 e. The summed E-state index contributed by atoms with van der Waals surface area (Å²) < 4.78 is 0. The molecule has 1 amide bonds. The zero-order chi connectivity index (χ0) is 14.7. The number of aromatic carboxylic acids is 1. The van der Waals surface area contributed by atoms with Crippen molar-refractivity contribution in [2.24, 2.45) is 0 Å². The van der Waals surface area contributed by atoms with Crippen LogP contribution in [0.3, 0.4) is 0 Å². The zero-order valence-corrected chi connectivity index (χ0v) is 9.95. The highest BCUT2D eigenvalue weighted by Crippen LogP contribution is 2.09. The third-order valence-electron chi connectivity index (χ3n) is 2.30. The molecule has 0 atom stereocenters. The number of aromatic nitrogens is 2. The molecule has 2 rings (SSSR count). The maximum absolute atomic E-state index is 11.8. The fourth-order valence-corrected chi connectivity index (χ4v) is 1.47. The van der Waals surface area contributed by atoms with Crippen LogP contribution in [0.2, 0.25) is 0 Å². The quantitative estimate of drug-likeness (QED) is 0.642. The highest BCUT2D eigenvalue weighted by atomic mass is 16.4. The largest absolute Gasteiger partial charge is 0.494 e. The van der Waals surface area contributed by atoms with Crippen LogP contribution in [0.4, 0.5) is 5.82 Å². The van der Waals surface area contributed by atoms with E-state index in [-0.39, 0.29) is 17.1 Å². The summed E-state index contributed by atoms with van der Waals surface area (Å²) in [6.07, 6.45) is 0. The van der Waals surface area contributed by atoms with Crippen LogP contribution in [0, 0.1) is 0 Å². The number of anilines is 1. The van der Waals surface area contributed by atoms with Crippen LogP contribution in [0.5, 0.6) is 5.88 Å². The van der Waals surface area contributed by atoms with Gasteiger partial charge in [0.25, 0.3) is 11.5 Å². The molecule has 0 spiro atoms. The molecule has 0 fully saturated rings. The molecule has 0 radical (unpaired) electrons. The second-order valence-corrected chi connectivity index (χ2v) is 3.79. The predicted octanol–water partition coefficient (Wildman–Crippen LogP) is 0.426. The Bertz CT molecular complexity index is 738. The predicted molar refractivity (Wildman–Crippen MR) is 67.9 cm³/mol. The van der Waals surface area contributed by atoms with Crippen LogP contribution in [0.25, 0.3) is 0 Å². The van der Waals surface area contributed by atoms with Crippen molar-refractivity contribution < 1.29 is 19.8 Å². The summed E-state index contributed by atoms with van der Waals surface area (Å²) >= 11 is 0. The van der Waals surface area contributed by atoms with Gasteiger partial charge in [0, 0.05) is 12.1 Å². The van der Waals surface area contributed by atoms with Crippen molar-refractivity contribution in [2.75, 3.05) is 5.32 Å². The lowest BCUT2D eigenvalue weighted by Crippen LogP contribution is -2.17. The van der Waals surface area contributed by atoms with Gasteiger partial charge < -0.3 is 15.5 Å². The molecular formula is C12H9N3O5. The second kappa shape index (κ2) is 5.22. The Morgan fingerprint density at radius 2 is 2.00 bits per heavy atom. The standard InChI is InChI=1S/C12H9N3O5/c16-9-4-6(5-10(17)15-9)11(18)14-8-3-1-2-7(13-8)12(19)20/h1-5H,(H,19,20)(H,13,14,18)(H2,15,16,17). The number of aromatic amines is 1. The maximum atomic E-state index is 11.8. The molecule has 0 bridgehead atoms. The molecule has 2 aromatic rings. The van der Waals surface area contributed by atoms with Crippen LogP contribution in [-0.2, 0) is 0 Å². The Morgan fingerprint density at radius 3 is 2.65 bits per heavy atom. The summed E-state index contributed by atoms with van der Waals surface area (Å²) in [6, 6.07) is 6.16. The Hall–Kier alpha value is -3.16. The molecule has 102 valence electrons. The molecule has 8 heteroatoms. The number of nitrogens with one attached hydrogen (secondary N) is 2. The van der Waals surface area contributed by atoms with Gasteiger partial charge in [-0.05, 0) is 12.1 Å². The molecule has 0 unspecified atom stereocenters. The minimum atomic E-state index is -1.23. The van der Waals surface area contributed by atoms with E-state index in [1.807, 2.05) is 0 Å². The summed E-state index contributed by atoms with van der Waals surface area (Å²) in [5, 5.41) is 20.3. The van der Waals surface area contributed by atoms with Gasteiger partial charge in [0.2, 0.25) is 0 Å². The van der Waals surface area contributed by atoms with E-state index < -0.39 is 23.3 Å². The van der Waals surface area contributed by atoms with Gasteiger partial charge in [-0.3, -0.25) is 14.6 Å². The molecule has 8 nitrogen and oxygen atoms in total. The Labute approximate surface area is 111 Å². The van der Waals surface area contributed by atoms with Gasteiger partial charge in [0.05, 0.1) is 5.56 Å². The van der Waals surface area contributed by atoms with Crippen LogP contribution in [0.1, 0.15) is 20.8 Å². The van der Waals surface area contributed by atoms with E-state index in [0.717, 1.165) is 12.1 Å².